The van der Waals surface area contributed by atoms with Gasteiger partial charge in [-0.2, -0.15) is 0 Å². The van der Waals surface area contributed by atoms with Crippen molar-refractivity contribution >= 4 is 27.3 Å². The summed E-state index contributed by atoms with van der Waals surface area (Å²) in [4.78, 5) is 11.4. The van der Waals surface area contributed by atoms with Crippen molar-refractivity contribution in [2.45, 2.75) is 13.3 Å². The molecule has 0 aliphatic carbocycles. The lowest BCUT2D eigenvalue weighted by Crippen LogP contribution is -2.27. The number of carbonyl (C=O) groups is 1. The maximum Gasteiger partial charge on any atom is 0.262 e. The first-order valence-corrected chi connectivity index (χ1v) is 9.20. The zero-order chi connectivity index (χ0) is 17.2. The highest BCUT2D eigenvalue weighted by atomic mass is 32.2. The third kappa shape index (κ3) is 3.86. The predicted molar refractivity (Wildman–Crippen MR) is 92.9 cm³/mol. The molecule has 0 fully saturated rings. The Hall–Kier alpha value is -2.54. The SMILES string of the molecule is Cc1cc2c(c(NS(=O)(=O)CCc3ccccc3)c1)OCC(=O)N2. The maximum atomic E-state index is 12.4. The van der Waals surface area contributed by atoms with E-state index in [4.69, 9.17) is 4.74 Å². The van der Waals surface area contributed by atoms with Crippen molar-refractivity contribution in [3.8, 4) is 5.75 Å². The molecule has 2 N–H and O–H groups in total. The van der Waals surface area contributed by atoms with Crippen LogP contribution < -0.4 is 14.8 Å². The average molecular weight is 346 g/mol. The van der Waals surface area contributed by atoms with Gasteiger partial charge >= 0.3 is 0 Å². The molecule has 2 aromatic carbocycles. The van der Waals surface area contributed by atoms with E-state index in [1.54, 1.807) is 12.1 Å². The van der Waals surface area contributed by atoms with Crippen LogP contribution in [0.2, 0.25) is 0 Å². The molecule has 1 aliphatic heterocycles. The number of anilines is 2. The molecule has 0 saturated heterocycles. The van der Waals surface area contributed by atoms with E-state index >= 15 is 0 Å². The summed E-state index contributed by atoms with van der Waals surface area (Å²) in [6.45, 7) is 1.69. The van der Waals surface area contributed by atoms with E-state index in [1.165, 1.54) is 0 Å². The number of amides is 1. The summed E-state index contributed by atoms with van der Waals surface area (Å²) in [5.41, 5.74) is 2.60. The first-order valence-electron chi connectivity index (χ1n) is 7.55. The van der Waals surface area contributed by atoms with Crippen LogP contribution in [0, 0.1) is 6.92 Å². The van der Waals surface area contributed by atoms with Crippen molar-refractivity contribution in [2.75, 3.05) is 22.4 Å². The lowest BCUT2D eigenvalue weighted by Gasteiger charge is -2.22. The Labute approximate surface area is 140 Å². The Bertz CT molecular complexity index is 864. The van der Waals surface area contributed by atoms with E-state index in [-0.39, 0.29) is 18.3 Å². The van der Waals surface area contributed by atoms with Gasteiger partial charge in [0.1, 0.15) is 0 Å². The van der Waals surface area contributed by atoms with Crippen molar-refractivity contribution in [3.05, 3.63) is 53.6 Å². The van der Waals surface area contributed by atoms with E-state index in [0.717, 1.165) is 11.1 Å². The molecule has 0 atom stereocenters. The first kappa shape index (κ1) is 16.3. The van der Waals surface area contributed by atoms with Gasteiger partial charge in [-0.05, 0) is 36.6 Å². The Kier molecular flexibility index (Phi) is 4.44. The van der Waals surface area contributed by atoms with Crippen molar-refractivity contribution in [1.29, 1.82) is 0 Å². The summed E-state index contributed by atoms with van der Waals surface area (Å²) < 4.78 is 32.7. The predicted octanol–water partition coefficient (Wildman–Crippen LogP) is 2.31. The molecule has 0 bridgehead atoms. The second-order valence-corrected chi connectivity index (χ2v) is 7.52. The molecule has 3 rings (SSSR count). The van der Waals surface area contributed by atoms with Crippen molar-refractivity contribution < 1.29 is 17.9 Å². The molecular formula is C17H18N2O4S. The number of sulfonamides is 1. The number of carbonyl (C=O) groups excluding carboxylic acids is 1. The van der Waals surface area contributed by atoms with Crippen molar-refractivity contribution in [1.82, 2.24) is 0 Å². The Morgan fingerprint density at radius 1 is 1.21 bits per heavy atom. The second-order valence-electron chi connectivity index (χ2n) is 5.68. The van der Waals surface area contributed by atoms with Gasteiger partial charge in [-0.1, -0.05) is 30.3 Å². The molecule has 24 heavy (non-hydrogen) atoms. The molecule has 1 heterocycles. The van der Waals surface area contributed by atoms with Crippen LogP contribution in [0.3, 0.4) is 0 Å². The topological polar surface area (TPSA) is 84.5 Å². The molecule has 1 amide bonds. The summed E-state index contributed by atoms with van der Waals surface area (Å²) in [6.07, 6.45) is 0.418. The summed E-state index contributed by atoms with van der Waals surface area (Å²) in [7, 11) is -3.54. The van der Waals surface area contributed by atoms with Gasteiger partial charge in [0.2, 0.25) is 10.0 Å². The highest BCUT2D eigenvalue weighted by Crippen LogP contribution is 2.37. The Balaban J connectivity index is 1.78. The summed E-state index contributed by atoms with van der Waals surface area (Å²) in [5, 5.41) is 2.69. The fraction of sp³-hybridized carbons (Fsp3) is 0.235. The minimum atomic E-state index is -3.54. The highest BCUT2D eigenvalue weighted by molar-refractivity contribution is 7.92. The molecule has 0 unspecified atom stereocenters. The van der Waals surface area contributed by atoms with Gasteiger partial charge in [-0.25, -0.2) is 8.42 Å². The van der Waals surface area contributed by atoms with E-state index in [9.17, 15) is 13.2 Å². The van der Waals surface area contributed by atoms with Gasteiger partial charge in [0.25, 0.3) is 5.91 Å². The molecule has 6 nitrogen and oxygen atoms in total. The second kappa shape index (κ2) is 6.52. The van der Waals surface area contributed by atoms with Crippen molar-refractivity contribution in [2.24, 2.45) is 0 Å². The van der Waals surface area contributed by atoms with Gasteiger partial charge in [0.15, 0.2) is 12.4 Å². The number of rotatable bonds is 5. The molecule has 1 aliphatic rings. The number of nitrogens with one attached hydrogen (secondary N) is 2. The van der Waals surface area contributed by atoms with Gasteiger partial charge in [0.05, 0.1) is 17.1 Å². The Morgan fingerprint density at radius 2 is 1.96 bits per heavy atom. The van der Waals surface area contributed by atoms with Crippen LogP contribution in [0.25, 0.3) is 0 Å². The maximum absolute atomic E-state index is 12.4. The highest BCUT2D eigenvalue weighted by Gasteiger charge is 2.22. The van der Waals surface area contributed by atoms with Crippen LogP contribution in [0.15, 0.2) is 42.5 Å². The van der Waals surface area contributed by atoms with Crippen LogP contribution in [0.1, 0.15) is 11.1 Å². The fourth-order valence-corrected chi connectivity index (χ4v) is 3.63. The van der Waals surface area contributed by atoms with Gasteiger partial charge < -0.3 is 10.1 Å². The van der Waals surface area contributed by atoms with Gasteiger partial charge in [-0.3, -0.25) is 9.52 Å². The van der Waals surface area contributed by atoms with Crippen molar-refractivity contribution in [3.63, 3.8) is 0 Å². The standard InChI is InChI=1S/C17H18N2O4S/c1-12-9-14-17(23-11-16(20)18-14)15(10-12)19-24(21,22)8-7-13-5-3-2-4-6-13/h2-6,9-10,19H,7-8,11H2,1H3,(H,18,20). The zero-order valence-electron chi connectivity index (χ0n) is 13.2. The molecule has 126 valence electrons. The van der Waals surface area contributed by atoms with Gasteiger partial charge in [-0.15, -0.1) is 0 Å². The molecule has 0 aromatic heterocycles. The third-order valence-corrected chi connectivity index (χ3v) is 4.90. The van der Waals surface area contributed by atoms with E-state index < -0.39 is 10.0 Å². The minimum absolute atomic E-state index is 0.0356. The number of fused-ring (bicyclic) bond motifs is 1. The summed E-state index contributed by atoms with van der Waals surface area (Å²) in [5.74, 6) is 0.0565. The summed E-state index contributed by atoms with van der Waals surface area (Å²) in [6, 6.07) is 12.9. The smallest absolute Gasteiger partial charge is 0.262 e. The first-order chi connectivity index (χ1) is 11.4. The van der Waals surface area contributed by atoms with E-state index in [1.807, 2.05) is 37.3 Å². The lowest BCUT2D eigenvalue weighted by atomic mass is 10.1. The molecule has 0 saturated carbocycles. The van der Waals surface area contributed by atoms with Gasteiger partial charge in [0, 0.05) is 0 Å². The van der Waals surface area contributed by atoms with Crippen LogP contribution in [-0.4, -0.2) is 26.7 Å². The molecular weight excluding hydrogens is 328 g/mol. The van der Waals surface area contributed by atoms with Crippen LogP contribution in [0.4, 0.5) is 11.4 Å². The van der Waals surface area contributed by atoms with E-state index in [0.29, 0.717) is 23.5 Å². The molecule has 0 radical (unpaired) electrons. The molecule has 7 heteroatoms. The third-order valence-electron chi connectivity index (χ3n) is 3.62. The number of aryl methyl sites for hydroxylation is 2. The number of hydrogen-bond donors (Lipinski definition) is 2. The quantitative estimate of drug-likeness (QED) is 0.870. The zero-order valence-corrected chi connectivity index (χ0v) is 14.0. The Morgan fingerprint density at radius 3 is 2.71 bits per heavy atom. The number of benzene rings is 2. The number of hydrogen-bond acceptors (Lipinski definition) is 4. The lowest BCUT2D eigenvalue weighted by molar-refractivity contribution is -0.118. The summed E-state index contributed by atoms with van der Waals surface area (Å²) >= 11 is 0. The minimum Gasteiger partial charge on any atom is -0.479 e. The number of ether oxygens (including phenoxy) is 1. The van der Waals surface area contributed by atoms with Crippen LogP contribution >= 0.6 is 0 Å². The monoisotopic (exact) mass is 346 g/mol. The van der Waals surface area contributed by atoms with Crippen LogP contribution in [-0.2, 0) is 21.2 Å². The largest absolute Gasteiger partial charge is 0.479 e. The fourth-order valence-electron chi connectivity index (χ4n) is 2.54. The molecule has 0 spiro atoms. The molecule has 2 aromatic rings. The average Bonchev–Trinajstić information content (AvgIpc) is 2.53. The van der Waals surface area contributed by atoms with E-state index in [2.05, 4.69) is 10.0 Å². The van der Waals surface area contributed by atoms with Crippen LogP contribution in [0.5, 0.6) is 5.75 Å². The normalized spacial score (nSPS) is 13.6.